The van der Waals surface area contributed by atoms with E-state index in [1.165, 1.54) is 18.3 Å². The number of primary amides is 1. The van der Waals surface area contributed by atoms with Gasteiger partial charge in [0, 0.05) is 6.20 Å². The molecule has 0 spiro atoms. The van der Waals surface area contributed by atoms with Crippen molar-refractivity contribution in [2.45, 2.75) is 24.8 Å². The number of nitrogens with two attached hydrogens (primary N) is 2. The predicted molar refractivity (Wildman–Crippen MR) is 78.3 cm³/mol. The van der Waals surface area contributed by atoms with E-state index in [1.54, 1.807) is 13.8 Å². The van der Waals surface area contributed by atoms with Crippen LogP contribution in [0.4, 0.5) is 0 Å². The Morgan fingerprint density at radius 1 is 1.40 bits per heavy atom. The molecular weight excluding hydrogens is 300 g/mol. The van der Waals surface area contributed by atoms with E-state index >= 15 is 0 Å². The summed E-state index contributed by atoms with van der Waals surface area (Å²) < 4.78 is 26.9. The maximum absolute atomic E-state index is 12.3. The molecule has 1 amide bonds. The monoisotopic (exact) mass is 316 g/mol. The van der Waals surface area contributed by atoms with Gasteiger partial charge in [0.1, 0.15) is 21.6 Å². The Kier molecular flexibility index (Phi) is 5.15. The van der Waals surface area contributed by atoms with E-state index < -0.39 is 22.0 Å². The average Bonchev–Trinajstić information content (AvgIpc) is 2.35. The smallest absolute Gasteiger partial charge is 0.243 e. The third kappa shape index (κ3) is 3.71. The van der Waals surface area contributed by atoms with Crippen LogP contribution in [-0.4, -0.2) is 30.3 Å². The molecule has 1 aromatic rings. The van der Waals surface area contributed by atoms with Gasteiger partial charge in [0.2, 0.25) is 15.9 Å². The third-order valence-electron chi connectivity index (χ3n) is 2.55. The van der Waals surface area contributed by atoms with E-state index in [2.05, 4.69) is 9.71 Å². The van der Waals surface area contributed by atoms with Crippen LogP contribution in [0.15, 0.2) is 23.2 Å². The van der Waals surface area contributed by atoms with Crippen molar-refractivity contribution in [3.8, 4) is 0 Å². The quantitative estimate of drug-likeness (QED) is 0.607. The van der Waals surface area contributed by atoms with Crippen LogP contribution in [0.3, 0.4) is 0 Å². The van der Waals surface area contributed by atoms with Crippen molar-refractivity contribution >= 4 is 33.1 Å². The number of pyridine rings is 1. The highest BCUT2D eigenvalue weighted by Crippen LogP contribution is 2.15. The van der Waals surface area contributed by atoms with Gasteiger partial charge in [-0.15, -0.1) is 0 Å². The van der Waals surface area contributed by atoms with Crippen LogP contribution < -0.4 is 16.2 Å². The molecule has 7 nitrogen and oxygen atoms in total. The first-order valence-corrected chi connectivity index (χ1v) is 7.62. The Hall–Kier alpha value is -1.58. The SMILES string of the molecule is CC(C)C(NS(=O)(=O)c1cccnc1C(N)=S)C(N)=O. The summed E-state index contributed by atoms with van der Waals surface area (Å²) in [5.74, 6) is -1.06. The fourth-order valence-electron chi connectivity index (χ4n) is 1.55. The fraction of sp³-hybridized carbons (Fsp3) is 0.364. The first kappa shape index (κ1) is 16.5. The molecule has 9 heteroatoms. The largest absolute Gasteiger partial charge is 0.388 e. The summed E-state index contributed by atoms with van der Waals surface area (Å²) >= 11 is 4.77. The molecule has 0 radical (unpaired) electrons. The summed E-state index contributed by atoms with van der Waals surface area (Å²) in [5.41, 5.74) is 10.6. The molecule has 0 aliphatic rings. The van der Waals surface area contributed by atoms with E-state index in [-0.39, 0.29) is 21.5 Å². The first-order valence-electron chi connectivity index (χ1n) is 5.73. The van der Waals surface area contributed by atoms with Gasteiger partial charge in [0.15, 0.2) is 0 Å². The zero-order chi connectivity index (χ0) is 15.5. The molecule has 20 heavy (non-hydrogen) atoms. The van der Waals surface area contributed by atoms with E-state index in [4.69, 9.17) is 23.7 Å². The zero-order valence-corrected chi connectivity index (χ0v) is 12.7. The second-order valence-corrected chi connectivity index (χ2v) is 6.58. The number of sulfonamides is 1. The van der Waals surface area contributed by atoms with Crippen molar-refractivity contribution in [1.82, 2.24) is 9.71 Å². The van der Waals surface area contributed by atoms with Crippen LogP contribution in [-0.2, 0) is 14.8 Å². The summed E-state index contributed by atoms with van der Waals surface area (Å²) in [7, 11) is -4.01. The summed E-state index contributed by atoms with van der Waals surface area (Å²) in [5, 5.41) is 0. The molecule has 0 bridgehead atoms. The zero-order valence-electron chi connectivity index (χ0n) is 11.0. The molecule has 110 valence electrons. The van der Waals surface area contributed by atoms with Crippen LogP contribution in [0.25, 0.3) is 0 Å². The summed E-state index contributed by atoms with van der Waals surface area (Å²) in [6.07, 6.45) is 1.38. The van der Waals surface area contributed by atoms with Gasteiger partial charge in [-0.05, 0) is 18.1 Å². The molecule has 0 saturated heterocycles. The average molecular weight is 316 g/mol. The molecule has 0 aliphatic carbocycles. The van der Waals surface area contributed by atoms with Gasteiger partial charge in [-0.2, -0.15) is 4.72 Å². The van der Waals surface area contributed by atoms with Crippen molar-refractivity contribution in [2.24, 2.45) is 17.4 Å². The number of hydrogen-bond acceptors (Lipinski definition) is 5. The van der Waals surface area contributed by atoms with Crippen LogP contribution >= 0.6 is 12.2 Å². The lowest BCUT2D eigenvalue weighted by Gasteiger charge is -2.19. The number of rotatable bonds is 6. The highest BCUT2D eigenvalue weighted by Gasteiger charge is 2.28. The van der Waals surface area contributed by atoms with Gasteiger partial charge < -0.3 is 11.5 Å². The molecule has 1 heterocycles. The first-order chi connectivity index (χ1) is 9.16. The second kappa shape index (κ2) is 6.25. The number of nitrogens with one attached hydrogen (secondary N) is 1. The Labute approximate surface area is 122 Å². The molecule has 0 aliphatic heterocycles. The fourth-order valence-corrected chi connectivity index (χ4v) is 3.30. The number of carbonyl (C=O) groups is 1. The molecule has 0 saturated carbocycles. The number of hydrogen-bond donors (Lipinski definition) is 3. The number of thiocarbonyl (C=S) groups is 1. The molecule has 0 fully saturated rings. The Morgan fingerprint density at radius 3 is 2.45 bits per heavy atom. The van der Waals surface area contributed by atoms with Crippen LogP contribution in [0, 0.1) is 5.92 Å². The predicted octanol–water partition coefficient (Wildman–Crippen LogP) is -0.496. The molecule has 0 aromatic carbocycles. The highest BCUT2D eigenvalue weighted by molar-refractivity contribution is 7.89. The highest BCUT2D eigenvalue weighted by atomic mass is 32.2. The standard InChI is InChI=1S/C11H16N4O3S2/c1-6(2)8(10(12)16)15-20(17,18)7-4-3-5-14-9(7)11(13)19/h3-6,8,15H,1-2H3,(H2,12,16)(H2,13,19). The lowest BCUT2D eigenvalue weighted by atomic mass is 10.1. The summed E-state index contributed by atoms with van der Waals surface area (Å²) in [4.78, 5) is 14.8. The summed E-state index contributed by atoms with van der Waals surface area (Å²) in [6.45, 7) is 3.35. The van der Waals surface area contributed by atoms with Gasteiger partial charge in [0.25, 0.3) is 0 Å². The Balaban J connectivity index is 3.24. The van der Waals surface area contributed by atoms with E-state index in [9.17, 15) is 13.2 Å². The minimum absolute atomic E-state index is 0.0259. The minimum Gasteiger partial charge on any atom is -0.388 e. The van der Waals surface area contributed by atoms with Crippen molar-refractivity contribution in [2.75, 3.05) is 0 Å². The van der Waals surface area contributed by atoms with Gasteiger partial charge in [-0.25, -0.2) is 8.42 Å². The number of carbonyl (C=O) groups excluding carboxylic acids is 1. The Morgan fingerprint density at radius 2 is 2.00 bits per heavy atom. The maximum atomic E-state index is 12.3. The molecule has 1 unspecified atom stereocenters. The topological polar surface area (TPSA) is 128 Å². The molecule has 1 aromatic heterocycles. The van der Waals surface area contributed by atoms with Crippen molar-refractivity contribution < 1.29 is 13.2 Å². The molecule has 5 N–H and O–H groups in total. The normalized spacial score (nSPS) is 13.2. The van der Waals surface area contributed by atoms with Crippen molar-refractivity contribution in [1.29, 1.82) is 0 Å². The molecule has 1 rings (SSSR count). The van der Waals surface area contributed by atoms with Crippen LogP contribution in [0.1, 0.15) is 19.5 Å². The summed E-state index contributed by atoms with van der Waals surface area (Å²) in [6, 6.07) is 1.71. The minimum atomic E-state index is -4.01. The van der Waals surface area contributed by atoms with Gasteiger partial charge in [-0.1, -0.05) is 26.1 Å². The van der Waals surface area contributed by atoms with Gasteiger partial charge >= 0.3 is 0 Å². The van der Waals surface area contributed by atoms with Crippen molar-refractivity contribution in [3.63, 3.8) is 0 Å². The van der Waals surface area contributed by atoms with Crippen molar-refractivity contribution in [3.05, 3.63) is 24.0 Å². The third-order valence-corrected chi connectivity index (χ3v) is 4.21. The maximum Gasteiger partial charge on any atom is 0.243 e. The number of aromatic nitrogens is 1. The lowest BCUT2D eigenvalue weighted by Crippen LogP contribution is -2.47. The van der Waals surface area contributed by atoms with E-state index in [0.717, 1.165) is 0 Å². The lowest BCUT2D eigenvalue weighted by molar-refractivity contribution is -0.120. The number of nitrogens with zero attached hydrogens (tertiary/aromatic N) is 1. The van der Waals surface area contributed by atoms with Gasteiger partial charge in [0.05, 0.1) is 0 Å². The van der Waals surface area contributed by atoms with Crippen LogP contribution in [0.5, 0.6) is 0 Å². The number of amides is 1. The van der Waals surface area contributed by atoms with E-state index in [1.807, 2.05) is 0 Å². The second-order valence-electron chi connectivity index (χ2n) is 4.46. The van der Waals surface area contributed by atoms with Gasteiger partial charge in [-0.3, -0.25) is 9.78 Å². The Bertz CT molecular complexity index is 628. The van der Waals surface area contributed by atoms with Crippen LogP contribution in [0.2, 0.25) is 0 Å². The molecular formula is C11H16N4O3S2. The van der Waals surface area contributed by atoms with E-state index in [0.29, 0.717) is 0 Å². The molecule has 1 atom stereocenters.